The molecular weight excluding hydrogens is 403 g/mol. The number of fused-ring (bicyclic) bond motifs is 2. The van der Waals surface area contributed by atoms with Crippen molar-refractivity contribution in [2.24, 2.45) is 0 Å². The Hall–Kier alpha value is -2.85. The molecule has 10 heteroatoms. The summed E-state index contributed by atoms with van der Waals surface area (Å²) in [4.78, 5) is 13.7. The first-order chi connectivity index (χ1) is 13.9. The normalized spacial score (nSPS) is 16.0. The van der Waals surface area contributed by atoms with Crippen LogP contribution in [-0.2, 0) is 21.4 Å². The molecule has 0 bridgehead atoms. The molecule has 0 aromatic heterocycles. The zero-order valence-electron chi connectivity index (χ0n) is 15.4. The van der Waals surface area contributed by atoms with Crippen molar-refractivity contribution in [2.45, 2.75) is 11.4 Å². The summed E-state index contributed by atoms with van der Waals surface area (Å²) in [6, 6.07) is 8.43. The molecule has 0 saturated heterocycles. The minimum absolute atomic E-state index is 0.00678. The maximum atomic E-state index is 13.5. The lowest BCUT2D eigenvalue weighted by atomic mass is 10.2. The number of rotatable bonds is 5. The number of ether oxygens (including phenoxy) is 3. The SMILES string of the molecule is O=C1COc2ccc(F)cc2CN1CCNS(=O)(=O)c1ccc2c(c1)OCCO2. The molecule has 1 amide bonds. The second-order valence-corrected chi connectivity index (χ2v) is 8.33. The Labute approximate surface area is 167 Å². The Kier molecular flexibility index (Phi) is 5.29. The summed E-state index contributed by atoms with van der Waals surface area (Å²) < 4.78 is 57.3. The van der Waals surface area contributed by atoms with Gasteiger partial charge in [0.25, 0.3) is 5.91 Å². The van der Waals surface area contributed by atoms with Crippen LogP contribution >= 0.6 is 0 Å². The van der Waals surface area contributed by atoms with Crippen LogP contribution in [0.15, 0.2) is 41.3 Å². The summed E-state index contributed by atoms with van der Waals surface area (Å²) in [7, 11) is -3.80. The van der Waals surface area contributed by atoms with Gasteiger partial charge in [0.05, 0.1) is 4.90 Å². The molecule has 0 radical (unpaired) electrons. The minimum Gasteiger partial charge on any atom is -0.486 e. The fourth-order valence-electron chi connectivity index (χ4n) is 3.13. The second kappa shape index (κ2) is 7.88. The predicted octanol–water partition coefficient (Wildman–Crippen LogP) is 1.30. The van der Waals surface area contributed by atoms with E-state index in [0.29, 0.717) is 36.0 Å². The molecule has 2 aromatic carbocycles. The van der Waals surface area contributed by atoms with Crippen molar-refractivity contribution < 1.29 is 31.8 Å². The molecule has 154 valence electrons. The molecular formula is C19H19FN2O6S. The lowest BCUT2D eigenvalue weighted by molar-refractivity contribution is -0.133. The Morgan fingerprint density at radius 3 is 2.59 bits per heavy atom. The predicted molar refractivity (Wildman–Crippen MR) is 99.9 cm³/mol. The van der Waals surface area contributed by atoms with Crippen LogP contribution in [-0.4, -0.2) is 52.1 Å². The van der Waals surface area contributed by atoms with E-state index < -0.39 is 15.8 Å². The number of hydrogen-bond donors (Lipinski definition) is 1. The van der Waals surface area contributed by atoms with Crippen molar-refractivity contribution in [1.29, 1.82) is 0 Å². The van der Waals surface area contributed by atoms with Crippen molar-refractivity contribution in [3.63, 3.8) is 0 Å². The quantitative estimate of drug-likeness (QED) is 0.781. The number of sulfonamides is 1. The topological polar surface area (TPSA) is 94.2 Å². The van der Waals surface area contributed by atoms with Gasteiger partial charge in [0, 0.05) is 31.3 Å². The molecule has 2 aliphatic rings. The Balaban J connectivity index is 1.41. The van der Waals surface area contributed by atoms with Gasteiger partial charge in [-0.15, -0.1) is 0 Å². The maximum absolute atomic E-state index is 13.5. The molecule has 0 fully saturated rings. The average molecular weight is 422 g/mol. The van der Waals surface area contributed by atoms with Gasteiger partial charge in [0.15, 0.2) is 18.1 Å². The monoisotopic (exact) mass is 422 g/mol. The number of hydrogen-bond acceptors (Lipinski definition) is 6. The molecule has 8 nitrogen and oxygen atoms in total. The molecule has 2 aromatic rings. The van der Waals surface area contributed by atoms with Gasteiger partial charge < -0.3 is 19.1 Å². The zero-order valence-corrected chi connectivity index (χ0v) is 16.2. The van der Waals surface area contributed by atoms with Crippen LogP contribution in [0.25, 0.3) is 0 Å². The third-order valence-corrected chi connectivity index (χ3v) is 6.04. The van der Waals surface area contributed by atoms with Gasteiger partial charge in [-0.25, -0.2) is 17.5 Å². The standard InChI is InChI=1S/C19H19FN2O6S/c20-14-1-3-16-13(9-14)11-22(19(23)12-28-16)6-5-21-29(24,25)15-2-4-17-18(10-15)27-8-7-26-17/h1-4,9-10,21H,5-8,11-12H2. The summed E-state index contributed by atoms with van der Waals surface area (Å²) in [5.41, 5.74) is 0.533. The van der Waals surface area contributed by atoms with Crippen molar-refractivity contribution >= 4 is 15.9 Å². The first-order valence-electron chi connectivity index (χ1n) is 9.01. The first-order valence-corrected chi connectivity index (χ1v) is 10.5. The van der Waals surface area contributed by atoms with Gasteiger partial charge in [0.1, 0.15) is 24.8 Å². The van der Waals surface area contributed by atoms with Crippen molar-refractivity contribution in [1.82, 2.24) is 9.62 Å². The van der Waals surface area contributed by atoms with Gasteiger partial charge >= 0.3 is 0 Å². The number of carbonyl (C=O) groups is 1. The van der Waals surface area contributed by atoms with E-state index in [9.17, 15) is 17.6 Å². The highest BCUT2D eigenvalue weighted by molar-refractivity contribution is 7.89. The summed E-state index contributed by atoms with van der Waals surface area (Å²) in [6.07, 6.45) is 0. The van der Waals surface area contributed by atoms with E-state index in [1.54, 1.807) is 6.07 Å². The van der Waals surface area contributed by atoms with Crippen molar-refractivity contribution in [3.05, 3.63) is 47.8 Å². The zero-order chi connectivity index (χ0) is 20.4. The maximum Gasteiger partial charge on any atom is 0.260 e. The molecule has 0 spiro atoms. The van der Waals surface area contributed by atoms with E-state index in [2.05, 4.69) is 4.72 Å². The summed E-state index contributed by atoms with van der Waals surface area (Å²) >= 11 is 0. The summed E-state index contributed by atoms with van der Waals surface area (Å²) in [5, 5.41) is 0. The summed E-state index contributed by atoms with van der Waals surface area (Å²) in [6.45, 7) is 0.823. The average Bonchev–Trinajstić information content (AvgIpc) is 2.86. The van der Waals surface area contributed by atoms with Gasteiger partial charge in [-0.05, 0) is 30.3 Å². The van der Waals surface area contributed by atoms with Gasteiger partial charge in [0.2, 0.25) is 10.0 Å². The molecule has 29 heavy (non-hydrogen) atoms. The lowest BCUT2D eigenvalue weighted by Crippen LogP contribution is -2.39. The molecule has 0 aliphatic carbocycles. The number of carbonyl (C=O) groups excluding carboxylic acids is 1. The van der Waals surface area contributed by atoms with E-state index in [4.69, 9.17) is 14.2 Å². The van der Waals surface area contributed by atoms with Crippen molar-refractivity contribution in [3.8, 4) is 17.2 Å². The third kappa shape index (κ3) is 4.28. The van der Waals surface area contributed by atoms with Crippen LogP contribution in [0, 0.1) is 5.82 Å². The molecule has 0 atom stereocenters. The molecule has 1 N–H and O–H groups in total. The van der Waals surface area contributed by atoms with E-state index in [1.165, 1.54) is 35.2 Å². The van der Waals surface area contributed by atoms with Crippen LogP contribution < -0.4 is 18.9 Å². The smallest absolute Gasteiger partial charge is 0.260 e. The highest BCUT2D eigenvalue weighted by atomic mass is 32.2. The second-order valence-electron chi connectivity index (χ2n) is 6.56. The Morgan fingerprint density at radius 2 is 1.76 bits per heavy atom. The van der Waals surface area contributed by atoms with Gasteiger partial charge in [-0.2, -0.15) is 0 Å². The van der Waals surface area contributed by atoms with Crippen LogP contribution in [0.1, 0.15) is 5.56 Å². The third-order valence-electron chi connectivity index (χ3n) is 4.59. The number of nitrogens with zero attached hydrogens (tertiary/aromatic N) is 1. The molecule has 2 heterocycles. The number of amides is 1. The number of halogens is 1. The van der Waals surface area contributed by atoms with Crippen molar-refractivity contribution in [2.75, 3.05) is 32.9 Å². The molecule has 0 unspecified atom stereocenters. The Bertz CT molecular complexity index is 1040. The van der Waals surface area contributed by atoms with E-state index in [1.807, 2.05) is 0 Å². The van der Waals surface area contributed by atoms with Crippen LogP contribution in [0.2, 0.25) is 0 Å². The van der Waals surface area contributed by atoms with E-state index >= 15 is 0 Å². The fraction of sp³-hybridized carbons (Fsp3) is 0.316. The summed E-state index contributed by atoms with van der Waals surface area (Å²) in [5.74, 6) is 0.578. The lowest BCUT2D eigenvalue weighted by Gasteiger charge is -2.21. The fourth-order valence-corrected chi connectivity index (χ4v) is 4.17. The van der Waals surface area contributed by atoms with Crippen LogP contribution in [0.5, 0.6) is 17.2 Å². The Morgan fingerprint density at radius 1 is 1.00 bits per heavy atom. The van der Waals surface area contributed by atoms with Gasteiger partial charge in [-0.1, -0.05) is 0 Å². The number of nitrogens with one attached hydrogen (secondary N) is 1. The first kappa shape index (κ1) is 19.5. The van der Waals surface area contributed by atoms with Crippen LogP contribution in [0.4, 0.5) is 4.39 Å². The van der Waals surface area contributed by atoms with E-state index in [0.717, 1.165) is 0 Å². The highest BCUT2D eigenvalue weighted by Crippen LogP contribution is 2.32. The largest absolute Gasteiger partial charge is 0.486 e. The molecule has 2 aliphatic heterocycles. The van der Waals surface area contributed by atoms with Crippen LogP contribution in [0.3, 0.4) is 0 Å². The van der Waals surface area contributed by atoms with Gasteiger partial charge in [-0.3, -0.25) is 4.79 Å². The molecule has 0 saturated carbocycles. The minimum atomic E-state index is -3.80. The molecule has 4 rings (SSSR count). The van der Waals surface area contributed by atoms with E-state index in [-0.39, 0.29) is 37.0 Å². The highest BCUT2D eigenvalue weighted by Gasteiger charge is 2.23. The number of benzene rings is 2.